The summed E-state index contributed by atoms with van der Waals surface area (Å²) in [4.78, 5) is 14.6. The van der Waals surface area contributed by atoms with Crippen LogP contribution in [0.5, 0.6) is 0 Å². The minimum atomic E-state index is 0.907. The lowest BCUT2D eigenvalue weighted by Crippen LogP contribution is -2.00. The van der Waals surface area contributed by atoms with E-state index >= 15 is 0 Å². The van der Waals surface area contributed by atoms with Crippen LogP contribution in [0.3, 0.4) is 0 Å². The molecule has 186 valence electrons. The fourth-order valence-corrected chi connectivity index (χ4v) is 6.49. The summed E-state index contributed by atoms with van der Waals surface area (Å²) in [5.41, 5.74) is 8.42. The highest BCUT2D eigenvalue weighted by molar-refractivity contribution is 6.35. The molecule has 9 aromatic rings. The van der Waals surface area contributed by atoms with Crippen LogP contribution in [0.25, 0.3) is 76.8 Å². The van der Waals surface area contributed by atoms with Crippen LogP contribution in [-0.4, -0.2) is 24.1 Å². The predicted octanol–water partition coefficient (Wildman–Crippen LogP) is 8.37. The van der Waals surface area contributed by atoms with Crippen LogP contribution in [-0.2, 0) is 0 Å². The zero-order valence-corrected chi connectivity index (χ0v) is 21.4. The largest absolute Gasteiger partial charge is 0.307 e. The second kappa shape index (κ2) is 7.98. The molecule has 0 unspecified atom stereocenters. The summed E-state index contributed by atoms with van der Waals surface area (Å²) in [5.74, 6) is 0. The third kappa shape index (κ3) is 2.73. The van der Waals surface area contributed by atoms with Crippen LogP contribution >= 0.6 is 0 Å². The van der Waals surface area contributed by atoms with Gasteiger partial charge in [-0.3, -0.25) is 15.0 Å². The molecule has 0 bridgehead atoms. The maximum atomic E-state index is 4.97. The van der Waals surface area contributed by atoms with Crippen molar-refractivity contribution < 1.29 is 0 Å². The normalized spacial score (nSPS) is 12.0. The monoisotopic (exact) mass is 511 g/mol. The van der Waals surface area contributed by atoms with Crippen LogP contribution in [0.1, 0.15) is 0 Å². The van der Waals surface area contributed by atoms with E-state index in [0.29, 0.717) is 0 Å². The molecule has 0 aliphatic heterocycles. The van der Waals surface area contributed by atoms with Gasteiger partial charge in [0.2, 0.25) is 0 Å². The van der Waals surface area contributed by atoms with Gasteiger partial charge in [0.25, 0.3) is 0 Å². The Bertz CT molecular complexity index is 2430. The number of rotatable bonds is 2. The summed E-state index contributed by atoms with van der Waals surface area (Å²) in [6.45, 7) is 0. The molecule has 0 saturated heterocycles. The van der Waals surface area contributed by atoms with Gasteiger partial charge < -0.3 is 9.13 Å². The van der Waals surface area contributed by atoms with Gasteiger partial charge in [-0.25, -0.2) is 0 Å². The molecular formula is C35H21N5. The molecule has 40 heavy (non-hydrogen) atoms. The molecule has 0 spiro atoms. The van der Waals surface area contributed by atoms with E-state index in [9.17, 15) is 0 Å². The maximum Gasteiger partial charge on any atom is 0.0994 e. The molecule has 5 heteroatoms. The van der Waals surface area contributed by atoms with Crippen molar-refractivity contribution >= 4 is 65.4 Å². The van der Waals surface area contributed by atoms with Crippen molar-refractivity contribution in [3.8, 4) is 11.4 Å². The number of hydrogen-bond acceptors (Lipinski definition) is 3. The standard InChI is InChI=1S/C35H21N5/c1-2-11-23(12-3-1)39-27-16-8-6-14-25(27)30-32-33(38-19-18-37-32)31-26-15-7-9-17-28(26)40(35(31)34(30)39)29-21-36-20-22-10-4-5-13-24(22)29/h1-21H. The topological polar surface area (TPSA) is 48.5 Å². The molecule has 0 radical (unpaired) electrons. The first kappa shape index (κ1) is 21.4. The van der Waals surface area contributed by atoms with E-state index in [4.69, 9.17) is 15.0 Å². The third-order valence-electron chi connectivity index (χ3n) is 8.05. The Kier molecular flexibility index (Phi) is 4.27. The van der Waals surface area contributed by atoms with Gasteiger partial charge in [0.1, 0.15) is 0 Å². The Morgan fingerprint density at radius 2 is 1.02 bits per heavy atom. The third-order valence-corrected chi connectivity index (χ3v) is 8.05. The fraction of sp³-hybridized carbons (Fsp3) is 0. The van der Waals surface area contributed by atoms with E-state index in [1.165, 1.54) is 0 Å². The number of benzene rings is 5. The Hall–Kier alpha value is -5.55. The molecule has 9 rings (SSSR count). The Morgan fingerprint density at radius 1 is 0.475 bits per heavy atom. The predicted molar refractivity (Wildman–Crippen MR) is 164 cm³/mol. The number of aromatic nitrogens is 5. The van der Waals surface area contributed by atoms with Gasteiger partial charge in [-0.2, -0.15) is 0 Å². The number of para-hydroxylation sites is 3. The summed E-state index contributed by atoms with van der Waals surface area (Å²) in [6, 6.07) is 36.3. The zero-order chi connectivity index (χ0) is 26.2. The highest BCUT2D eigenvalue weighted by atomic mass is 15.1. The van der Waals surface area contributed by atoms with Crippen molar-refractivity contribution in [2.24, 2.45) is 0 Å². The minimum Gasteiger partial charge on any atom is -0.307 e. The molecule has 0 saturated carbocycles. The van der Waals surface area contributed by atoms with Gasteiger partial charge >= 0.3 is 0 Å². The van der Waals surface area contributed by atoms with Gasteiger partial charge in [-0.15, -0.1) is 0 Å². The summed E-state index contributed by atoms with van der Waals surface area (Å²) in [5, 5.41) is 6.75. The quantitative estimate of drug-likeness (QED) is 0.234. The molecule has 4 aromatic heterocycles. The second-order valence-corrected chi connectivity index (χ2v) is 10.1. The van der Waals surface area contributed by atoms with Gasteiger partial charge in [0.05, 0.1) is 45.0 Å². The second-order valence-electron chi connectivity index (χ2n) is 10.1. The highest BCUT2D eigenvalue weighted by Crippen LogP contribution is 2.45. The zero-order valence-electron chi connectivity index (χ0n) is 21.4. The fourth-order valence-electron chi connectivity index (χ4n) is 6.49. The first-order valence-electron chi connectivity index (χ1n) is 13.4. The number of fused-ring (bicyclic) bond motifs is 11. The van der Waals surface area contributed by atoms with Crippen molar-refractivity contribution in [1.82, 2.24) is 24.1 Å². The van der Waals surface area contributed by atoms with Crippen molar-refractivity contribution in [3.63, 3.8) is 0 Å². The van der Waals surface area contributed by atoms with Gasteiger partial charge in [-0.1, -0.05) is 78.9 Å². The highest BCUT2D eigenvalue weighted by Gasteiger charge is 2.26. The van der Waals surface area contributed by atoms with Crippen molar-refractivity contribution in [2.45, 2.75) is 0 Å². The van der Waals surface area contributed by atoms with E-state index in [-0.39, 0.29) is 0 Å². The lowest BCUT2D eigenvalue weighted by Gasteiger charge is -2.14. The molecule has 5 nitrogen and oxygen atoms in total. The van der Waals surface area contributed by atoms with E-state index in [2.05, 4.69) is 112 Å². The van der Waals surface area contributed by atoms with Crippen molar-refractivity contribution in [3.05, 3.63) is 128 Å². The average Bonchev–Trinajstić information content (AvgIpc) is 3.55. The van der Waals surface area contributed by atoms with Crippen molar-refractivity contribution in [1.29, 1.82) is 0 Å². The smallest absolute Gasteiger partial charge is 0.0994 e. The van der Waals surface area contributed by atoms with Crippen LogP contribution in [0, 0.1) is 0 Å². The molecule has 0 atom stereocenters. The average molecular weight is 512 g/mol. The summed E-state index contributed by atoms with van der Waals surface area (Å²) in [6.07, 6.45) is 7.52. The van der Waals surface area contributed by atoms with Crippen LogP contribution in [0.4, 0.5) is 0 Å². The van der Waals surface area contributed by atoms with E-state index in [0.717, 1.165) is 76.8 Å². The molecule has 0 fully saturated rings. The Balaban J connectivity index is 1.67. The SMILES string of the molecule is c1ccc(-n2c3ccccc3c3c4nccnc4c4c5ccccc5n(-c5cncc6ccccc56)c4c32)cc1. The lowest BCUT2D eigenvalue weighted by atomic mass is 10.1. The first-order valence-corrected chi connectivity index (χ1v) is 13.4. The lowest BCUT2D eigenvalue weighted by molar-refractivity contribution is 1.14. The van der Waals surface area contributed by atoms with Gasteiger partial charge in [0, 0.05) is 56.6 Å². The maximum absolute atomic E-state index is 4.97. The minimum absolute atomic E-state index is 0.907. The number of pyridine rings is 1. The van der Waals surface area contributed by atoms with Crippen LogP contribution in [0.2, 0.25) is 0 Å². The van der Waals surface area contributed by atoms with Crippen LogP contribution < -0.4 is 0 Å². The first-order chi connectivity index (χ1) is 19.9. The number of nitrogens with zero attached hydrogens (tertiary/aromatic N) is 5. The molecule has 0 amide bonds. The molecule has 4 heterocycles. The summed E-state index contributed by atoms with van der Waals surface area (Å²) < 4.78 is 4.77. The molecule has 0 aliphatic carbocycles. The molecule has 0 aliphatic rings. The number of hydrogen-bond donors (Lipinski definition) is 0. The van der Waals surface area contributed by atoms with E-state index < -0.39 is 0 Å². The molecule has 5 aromatic carbocycles. The summed E-state index contributed by atoms with van der Waals surface area (Å²) in [7, 11) is 0. The summed E-state index contributed by atoms with van der Waals surface area (Å²) >= 11 is 0. The Morgan fingerprint density at radius 3 is 1.73 bits per heavy atom. The van der Waals surface area contributed by atoms with E-state index in [1.807, 2.05) is 12.4 Å². The van der Waals surface area contributed by atoms with Gasteiger partial charge in [0.15, 0.2) is 0 Å². The van der Waals surface area contributed by atoms with Gasteiger partial charge in [-0.05, 0) is 24.3 Å². The molecule has 0 N–H and O–H groups in total. The molecular weight excluding hydrogens is 490 g/mol. The van der Waals surface area contributed by atoms with Crippen molar-refractivity contribution in [2.75, 3.05) is 0 Å². The van der Waals surface area contributed by atoms with E-state index in [1.54, 1.807) is 12.4 Å². The van der Waals surface area contributed by atoms with Crippen LogP contribution in [0.15, 0.2) is 128 Å². The Labute approximate surface area is 228 Å².